The van der Waals surface area contributed by atoms with Crippen molar-refractivity contribution in [2.24, 2.45) is 0 Å². The second-order valence-corrected chi connectivity index (χ2v) is 6.45. The first-order valence-corrected chi connectivity index (χ1v) is 7.95. The Morgan fingerprint density at radius 3 is 2.96 bits per heavy atom. The molecule has 23 heavy (non-hydrogen) atoms. The van der Waals surface area contributed by atoms with Crippen LogP contribution in [0.15, 0.2) is 45.9 Å². The summed E-state index contributed by atoms with van der Waals surface area (Å²) in [6, 6.07) is 8.46. The Kier molecular flexibility index (Phi) is 4.40. The van der Waals surface area contributed by atoms with Crippen LogP contribution >= 0.6 is 24.0 Å². The molecule has 0 aliphatic carbocycles. The van der Waals surface area contributed by atoms with E-state index in [1.807, 2.05) is 0 Å². The number of phenols is 1. The number of carbonyl (C=O) groups is 1. The lowest BCUT2D eigenvalue weighted by molar-refractivity contribution is -0.122. The van der Waals surface area contributed by atoms with Crippen molar-refractivity contribution in [2.45, 2.75) is 6.54 Å². The second-order valence-electron chi connectivity index (χ2n) is 4.78. The van der Waals surface area contributed by atoms with Crippen LogP contribution in [0, 0.1) is 0 Å². The van der Waals surface area contributed by atoms with Gasteiger partial charge in [-0.3, -0.25) is 9.69 Å². The van der Waals surface area contributed by atoms with Crippen LogP contribution in [0.5, 0.6) is 11.5 Å². The van der Waals surface area contributed by atoms with E-state index in [-0.39, 0.29) is 11.7 Å². The van der Waals surface area contributed by atoms with Crippen molar-refractivity contribution < 1.29 is 19.1 Å². The smallest absolute Gasteiger partial charge is 0.266 e. The van der Waals surface area contributed by atoms with Crippen molar-refractivity contribution in [3.63, 3.8) is 0 Å². The van der Waals surface area contributed by atoms with E-state index in [9.17, 15) is 9.90 Å². The van der Waals surface area contributed by atoms with E-state index in [1.165, 1.54) is 29.8 Å². The molecule has 3 rings (SSSR count). The average Bonchev–Trinajstić information content (AvgIpc) is 3.14. The molecule has 1 aromatic heterocycles. The molecule has 118 valence electrons. The number of hydrogen-bond acceptors (Lipinski definition) is 6. The summed E-state index contributed by atoms with van der Waals surface area (Å²) in [5.41, 5.74) is 0.748. The van der Waals surface area contributed by atoms with Gasteiger partial charge in [-0.25, -0.2) is 0 Å². The number of nitrogens with zero attached hydrogens (tertiary/aromatic N) is 1. The van der Waals surface area contributed by atoms with Gasteiger partial charge >= 0.3 is 0 Å². The summed E-state index contributed by atoms with van der Waals surface area (Å²) in [5.74, 6) is 0.914. The summed E-state index contributed by atoms with van der Waals surface area (Å²) in [7, 11) is 1.47. The van der Waals surface area contributed by atoms with Gasteiger partial charge < -0.3 is 14.3 Å². The Labute approximate surface area is 142 Å². The first kappa shape index (κ1) is 15.6. The van der Waals surface area contributed by atoms with E-state index in [4.69, 9.17) is 21.4 Å². The topological polar surface area (TPSA) is 62.9 Å². The average molecular weight is 347 g/mol. The van der Waals surface area contributed by atoms with Crippen LogP contribution in [-0.2, 0) is 11.3 Å². The maximum atomic E-state index is 12.5. The van der Waals surface area contributed by atoms with Crippen LogP contribution in [0.4, 0.5) is 0 Å². The Balaban J connectivity index is 1.83. The van der Waals surface area contributed by atoms with Crippen molar-refractivity contribution >= 4 is 40.3 Å². The van der Waals surface area contributed by atoms with Gasteiger partial charge in [0, 0.05) is 0 Å². The lowest BCUT2D eigenvalue weighted by Crippen LogP contribution is -2.27. The zero-order valence-electron chi connectivity index (χ0n) is 12.2. The Hall–Kier alpha value is -2.25. The summed E-state index contributed by atoms with van der Waals surface area (Å²) >= 11 is 6.51. The van der Waals surface area contributed by atoms with Crippen molar-refractivity contribution in [1.29, 1.82) is 0 Å². The standard InChI is InChI=1S/C16H13NO4S2/c1-20-13-7-10(4-5-12(13)18)8-14-15(19)17(16(22)23-14)9-11-3-2-6-21-11/h2-8,18H,9H2,1H3. The molecule has 5 nitrogen and oxygen atoms in total. The number of phenolic OH excluding ortho intramolecular Hbond substituents is 1. The molecule has 0 bridgehead atoms. The fourth-order valence-electron chi connectivity index (χ4n) is 2.13. The summed E-state index contributed by atoms with van der Waals surface area (Å²) in [6.07, 6.45) is 3.29. The molecular weight excluding hydrogens is 334 g/mol. The quantitative estimate of drug-likeness (QED) is 0.676. The molecule has 1 saturated heterocycles. The van der Waals surface area contributed by atoms with Gasteiger partial charge in [0.05, 0.1) is 24.8 Å². The van der Waals surface area contributed by atoms with Crippen LogP contribution in [-0.4, -0.2) is 27.3 Å². The summed E-state index contributed by atoms with van der Waals surface area (Å²) in [4.78, 5) is 14.5. The predicted molar refractivity (Wildman–Crippen MR) is 92.1 cm³/mol. The lowest BCUT2D eigenvalue weighted by Gasteiger charge is -2.12. The van der Waals surface area contributed by atoms with E-state index in [1.54, 1.807) is 36.6 Å². The highest BCUT2D eigenvalue weighted by Crippen LogP contribution is 2.35. The second kappa shape index (κ2) is 6.47. The number of benzene rings is 1. The third kappa shape index (κ3) is 3.25. The summed E-state index contributed by atoms with van der Waals surface area (Å²) in [5, 5.41) is 9.62. The maximum absolute atomic E-state index is 12.5. The third-order valence-electron chi connectivity index (χ3n) is 3.27. The van der Waals surface area contributed by atoms with Crippen molar-refractivity contribution in [3.8, 4) is 11.5 Å². The van der Waals surface area contributed by atoms with Gasteiger partial charge in [-0.05, 0) is 35.9 Å². The maximum Gasteiger partial charge on any atom is 0.266 e. The molecule has 1 aliphatic rings. The van der Waals surface area contributed by atoms with Crippen LogP contribution in [0.1, 0.15) is 11.3 Å². The highest BCUT2D eigenvalue weighted by molar-refractivity contribution is 8.26. The predicted octanol–water partition coefficient (Wildman–Crippen LogP) is 3.40. The highest BCUT2D eigenvalue weighted by Gasteiger charge is 2.32. The molecule has 1 N–H and O–H groups in total. The minimum absolute atomic E-state index is 0.0509. The van der Waals surface area contributed by atoms with E-state index in [0.29, 0.717) is 27.3 Å². The van der Waals surface area contributed by atoms with Gasteiger partial charge in [0.2, 0.25) is 0 Å². The fraction of sp³-hybridized carbons (Fsp3) is 0.125. The van der Waals surface area contributed by atoms with Crippen LogP contribution < -0.4 is 4.74 Å². The molecule has 1 amide bonds. The molecule has 0 unspecified atom stereocenters. The minimum atomic E-state index is -0.163. The van der Waals surface area contributed by atoms with Crippen LogP contribution in [0.3, 0.4) is 0 Å². The highest BCUT2D eigenvalue weighted by atomic mass is 32.2. The molecular formula is C16H13NO4S2. The van der Waals surface area contributed by atoms with Gasteiger partial charge in [-0.1, -0.05) is 30.0 Å². The molecule has 0 spiro atoms. The number of methoxy groups -OCH3 is 1. The fourth-order valence-corrected chi connectivity index (χ4v) is 3.39. The Bertz CT molecular complexity index is 783. The SMILES string of the molecule is COc1cc(C=C2SC(=S)N(Cc3ccco3)C2=O)ccc1O. The number of rotatable bonds is 4. The molecule has 0 saturated carbocycles. The number of thioether (sulfide) groups is 1. The van der Waals surface area contributed by atoms with Gasteiger partial charge in [0.1, 0.15) is 10.1 Å². The largest absolute Gasteiger partial charge is 0.504 e. The van der Waals surface area contributed by atoms with Crippen LogP contribution in [0.25, 0.3) is 6.08 Å². The number of amides is 1. The zero-order valence-corrected chi connectivity index (χ0v) is 13.8. The lowest BCUT2D eigenvalue weighted by atomic mass is 10.2. The van der Waals surface area contributed by atoms with Crippen molar-refractivity contribution in [1.82, 2.24) is 4.90 Å². The zero-order chi connectivity index (χ0) is 16.4. The Morgan fingerprint density at radius 2 is 2.26 bits per heavy atom. The molecule has 1 fully saturated rings. The first-order valence-electron chi connectivity index (χ1n) is 6.73. The van der Waals surface area contributed by atoms with Crippen LogP contribution in [0.2, 0.25) is 0 Å². The molecule has 0 radical (unpaired) electrons. The van der Waals surface area contributed by atoms with Gasteiger partial charge in [-0.15, -0.1) is 0 Å². The van der Waals surface area contributed by atoms with E-state index < -0.39 is 0 Å². The number of thiocarbonyl (C=S) groups is 1. The number of aromatic hydroxyl groups is 1. The normalized spacial score (nSPS) is 16.4. The van der Waals surface area contributed by atoms with Gasteiger partial charge in [0.15, 0.2) is 11.5 Å². The third-order valence-corrected chi connectivity index (χ3v) is 4.65. The molecule has 2 heterocycles. The number of hydrogen-bond donors (Lipinski definition) is 1. The van der Waals surface area contributed by atoms with Crippen molar-refractivity contribution in [2.75, 3.05) is 7.11 Å². The molecule has 7 heteroatoms. The van der Waals surface area contributed by atoms with E-state index in [0.717, 1.165) is 5.56 Å². The molecule has 0 atom stereocenters. The summed E-state index contributed by atoms with van der Waals surface area (Å²) < 4.78 is 10.8. The first-order chi connectivity index (χ1) is 11.1. The number of furan rings is 1. The summed E-state index contributed by atoms with van der Waals surface area (Å²) in [6.45, 7) is 0.313. The van der Waals surface area contributed by atoms with Gasteiger partial charge in [-0.2, -0.15) is 0 Å². The molecule has 2 aromatic rings. The Morgan fingerprint density at radius 1 is 1.43 bits per heavy atom. The molecule has 1 aliphatic heterocycles. The van der Waals surface area contributed by atoms with Gasteiger partial charge in [0.25, 0.3) is 5.91 Å². The number of ether oxygens (including phenoxy) is 1. The number of carbonyl (C=O) groups excluding carboxylic acids is 1. The van der Waals surface area contributed by atoms with E-state index >= 15 is 0 Å². The van der Waals surface area contributed by atoms with Crippen molar-refractivity contribution in [3.05, 3.63) is 52.8 Å². The molecule has 1 aromatic carbocycles. The monoisotopic (exact) mass is 347 g/mol. The van der Waals surface area contributed by atoms with E-state index in [2.05, 4.69) is 0 Å². The minimum Gasteiger partial charge on any atom is -0.504 e.